The van der Waals surface area contributed by atoms with Gasteiger partial charge in [-0.2, -0.15) is 4.31 Å². The summed E-state index contributed by atoms with van der Waals surface area (Å²) < 4.78 is 31.9. The number of nitro benzene ring substituents is 1. The molecule has 10 heteroatoms. The summed E-state index contributed by atoms with van der Waals surface area (Å²) >= 11 is 0. The zero-order chi connectivity index (χ0) is 20.3. The Kier molecular flexibility index (Phi) is 5.61. The van der Waals surface area contributed by atoms with E-state index in [2.05, 4.69) is 0 Å². The number of methoxy groups -OCH3 is 1. The Morgan fingerprint density at radius 2 is 1.71 bits per heavy atom. The van der Waals surface area contributed by atoms with E-state index in [1.165, 1.54) is 52.7 Å². The molecule has 2 aromatic carbocycles. The summed E-state index contributed by atoms with van der Waals surface area (Å²) in [5.74, 6) is 0.205. The Bertz CT molecular complexity index is 983. The van der Waals surface area contributed by atoms with Crippen LogP contribution in [-0.4, -0.2) is 61.7 Å². The van der Waals surface area contributed by atoms with Crippen molar-refractivity contribution in [3.8, 4) is 5.75 Å². The van der Waals surface area contributed by atoms with Crippen LogP contribution in [-0.2, 0) is 10.0 Å². The molecule has 0 N–H and O–H groups in total. The Hall–Kier alpha value is -2.98. The van der Waals surface area contributed by atoms with Gasteiger partial charge in [0.25, 0.3) is 11.6 Å². The van der Waals surface area contributed by atoms with Gasteiger partial charge in [-0.15, -0.1) is 0 Å². The second kappa shape index (κ2) is 7.95. The third kappa shape index (κ3) is 3.97. The normalized spacial score (nSPS) is 15.2. The largest absolute Gasteiger partial charge is 0.497 e. The molecule has 2 aromatic rings. The summed E-state index contributed by atoms with van der Waals surface area (Å²) in [6.45, 7) is 0.706. The van der Waals surface area contributed by atoms with E-state index < -0.39 is 14.9 Å². The summed E-state index contributed by atoms with van der Waals surface area (Å²) in [6.07, 6.45) is 0. The second-order valence-electron chi connectivity index (χ2n) is 6.18. The van der Waals surface area contributed by atoms with E-state index in [1.54, 1.807) is 12.1 Å². The van der Waals surface area contributed by atoms with E-state index >= 15 is 0 Å². The number of nitrogens with zero attached hydrogens (tertiary/aromatic N) is 3. The fourth-order valence-corrected chi connectivity index (χ4v) is 4.39. The maximum atomic E-state index is 12.8. The monoisotopic (exact) mass is 405 g/mol. The number of carbonyl (C=O) groups excluding carboxylic acids is 1. The topological polar surface area (TPSA) is 110 Å². The van der Waals surface area contributed by atoms with Crippen LogP contribution in [0.15, 0.2) is 53.4 Å². The predicted octanol–water partition coefficient (Wildman–Crippen LogP) is 1.75. The number of ether oxygens (including phenoxy) is 1. The first-order chi connectivity index (χ1) is 13.3. The van der Waals surface area contributed by atoms with Gasteiger partial charge in [-0.3, -0.25) is 14.9 Å². The van der Waals surface area contributed by atoms with Gasteiger partial charge in [0, 0.05) is 43.9 Å². The molecule has 0 aliphatic carbocycles. The molecule has 3 rings (SSSR count). The van der Waals surface area contributed by atoms with Gasteiger partial charge in [-0.25, -0.2) is 8.42 Å². The molecule has 1 fully saturated rings. The maximum absolute atomic E-state index is 12.8. The molecule has 148 valence electrons. The van der Waals surface area contributed by atoms with Crippen molar-refractivity contribution in [1.29, 1.82) is 0 Å². The first kappa shape index (κ1) is 19.8. The van der Waals surface area contributed by atoms with Crippen LogP contribution in [0.25, 0.3) is 0 Å². The van der Waals surface area contributed by atoms with E-state index in [-0.39, 0.29) is 48.2 Å². The molecular weight excluding hydrogens is 386 g/mol. The molecule has 1 aliphatic rings. The van der Waals surface area contributed by atoms with E-state index in [0.29, 0.717) is 5.75 Å². The molecule has 0 aromatic heterocycles. The quantitative estimate of drug-likeness (QED) is 0.554. The van der Waals surface area contributed by atoms with Crippen molar-refractivity contribution < 1.29 is 22.9 Å². The van der Waals surface area contributed by atoms with Gasteiger partial charge in [-0.1, -0.05) is 6.07 Å². The molecule has 1 heterocycles. The Morgan fingerprint density at radius 1 is 1.07 bits per heavy atom. The van der Waals surface area contributed by atoms with E-state index in [9.17, 15) is 23.3 Å². The minimum Gasteiger partial charge on any atom is -0.497 e. The predicted molar refractivity (Wildman–Crippen MR) is 101 cm³/mol. The number of sulfonamides is 1. The average Bonchev–Trinajstić information content (AvgIpc) is 2.73. The Morgan fingerprint density at radius 3 is 2.29 bits per heavy atom. The van der Waals surface area contributed by atoms with Crippen molar-refractivity contribution in [1.82, 2.24) is 9.21 Å². The molecule has 9 nitrogen and oxygen atoms in total. The minimum absolute atomic E-state index is 0.148. The van der Waals surface area contributed by atoms with Crippen molar-refractivity contribution in [3.63, 3.8) is 0 Å². The third-order valence-corrected chi connectivity index (χ3v) is 6.44. The van der Waals surface area contributed by atoms with Crippen LogP contribution in [0.2, 0.25) is 0 Å². The van der Waals surface area contributed by atoms with Crippen molar-refractivity contribution in [2.24, 2.45) is 0 Å². The maximum Gasteiger partial charge on any atom is 0.270 e. The molecule has 0 radical (unpaired) electrons. The van der Waals surface area contributed by atoms with Crippen LogP contribution in [0.4, 0.5) is 5.69 Å². The summed E-state index contributed by atoms with van der Waals surface area (Å²) in [5.41, 5.74) is 0.0484. The van der Waals surface area contributed by atoms with Gasteiger partial charge in [0.2, 0.25) is 10.0 Å². The van der Waals surface area contributed by atoms with Gasteiger partial charge in [-0.05, 0) is 30.3 Å². The number of benzene rings is 2. The lowest BCUT2D eigenvalue weighted by Crippen LogP contribution is -2.50. The van der Waals surface area contributed by atoms with Crippen molar-refractivity contribution >= 4 is 21.6 Å². The van der Waals surface area contributed by atoms with Crippen molar-refractivity contribution in [3.05, 3.63) is 64.2 Å². The van der Waals surface area contributed by atoms with Gasteiger partial charge >= 0.3 is 0 Å². The molecule has 0 unspecified atom stereocenters. The lowest BCUT2D eigenvalue weighted by atomic mass is 10.1. The van der Waals surface area contributed by atoms with E-state index in [0.717, 1.165) is 0 Å². The summed E-state index contributed by atoms with van der Waals surface area (Å²) in [6, 6.07) is 11.6. The summed E-state index contributed by atoms with van der Waals surface area (Å²) in [7, 11) is -2.17. The zero-order valence-electron chi connectivity index (χ0n) is 15.1. The van der Waals surface area contributed by atoms with Crippen LogP contribution >= 0.6 is 0 Å². The highest BCUT2D eigenvalue weighted by molar-refractivity contribution is 7.89. The molecular formula is C18H19N3O6S. The molecule has 1 aliphatic heterocycles. The zero-order valence-corrected chi connectivity index (χ0v) is 16.0. The van der Waals surface area contributed by atoms with Gasteiger partial charge in [0.05, 0.1) is 16.9 Å². The van der Waals surface area contributed by atoms with Crippen molar-refractivity contribution in [2.75, 3.05) is 33.3 Å². The average molecular weight is 405 g/mol. The number of nitro groups is 1. The highest BCUT2D eigenvalue weighted by Crippen LogP contribution is 2.22. The highest BCUT2D eigenvalue weighted by Gasteiger charge is 2.30. The molecule has 1 saturated heterocycles. The second-order valence-corrected chi connectivity index (χ2v) is 8.12. The van der Waals surface area contributed by atoms with Gasteiger partial charge < -0.3 is 9.64 Å². The van der Waals surface area contributed by atoms with E-state index in [1.807, 2.05) is 0 Å². The lowest BCUT2D eigenvalue weighted by Gasteiger charge is -2.34. The summed E-state index contributed by atoms with van der Waals surface area (Å²) in [5, 5.41) is 10.9. The number of carbonyl (C=O) groups is 1. The molecule has 0 saturated carbocycles. The molecule has 0 spiro atoms. The first-order valence-electron chi connectivity index (χ1n) is 8.51. The van der Waals surface area contributed by atoms with Gasteiger partial charge in [0.15, 0.2) is 0 Å². The lowest BCUT2D eigenvalue weighted by molar-refractivity contribution is -0.384. The van der Waals surface area contributed by atoms with Crippen LogP contribution in [0.3, 0.4) is 0 Å². The fraction of sp³-hybridized carbons (Fsp3) is 0.278. The van der Waals surface area contributed by atoms with Crippen LogP contribution in [0.5, 0.6) is 5.75 Å². The molecule has 0 atom stereocenters. The molecule has 0 bridgehead atoms. The van der Waals surface area contributed by atoms with Crippen LogP contribution < -0.4 is 4.74 Å². The Balaban J connectivity index is 1.68. The number of hydrogen-bond donors (Lipinski definition) is 0. The highest BCUT2D eigenvalue weighted by atomic mass is 32.2. The third-order valence-electron chi connectivity index (χ3n) is 4.53. The number of hydrogen-bond acceptors (Lipinski definition) is 6. The number of amides is 1. The number of non-ortho nitro benzene ring substituents is 1. The van der Waals surface area contributed by atoms with Gasteiger partial charge in [0.1, 0.15) is 5.75 Å². The van der Waals surface area contributed by atoms with Crippen LogP contribution in [0, 0.1) is 10.1 Å². The summed E-state index contributed by atoms with van der Waals surface area (Å²) in [4.78, 5) is 24.6. The smallest absolute Gasteiger partial charge is 0.270 e. The Labute approximate surface area is 162 Å². The minimum atomic E-state index is -3.67. The van der Waals surface area contributed by atoms with E-state index in [4.69, 9.17) is 4.74 Å². The van der Waals surface area contributed by atoms with Crippen LogP contribution in [0.1, 0.15) is 10.4 Å². The van der Waals surface area contributed by atoms with Crippen molar-refractivity contribution in [2.45, 2.75) is 4.90 Å². The number of piperazine rings is 1. The molecule has 28 heavy (non-hydrogen) atoms. The fourth-order valence-electron chi connectivity index (χ4n) is 2.96. The molecule has 1 amide bonds. The SMILES string of the molecule is COc1ccc(S(=O)(=O)N2CCN(C(=O)c3cccc([N+](=O)[O-])c3)CC2)cc1. The number of rotatable bonds is 5. The standard InChI is InChI=1S/C18H19N3O6S/c1-27-16-5-7-17(8-6-16)28(25,26)20-11-9-19(10-12-20)18(22)14-3-2-4-15(13-14)21(23)24/h2-8,13H,9-12H2,1H3. The first-order valence-corrected chi connectivity index (χ1v) is 9.95.